The van der Waals surface area contributed by atoms with E-state index in [0.717, 1.165) is 11.1 Å². The van der Waals surface area contributed by atoms with E-state index in [1.54, 1.807) is 6.07 Å². The molecule has 146 valence electrons. The molecule has 0 bridgehead atoms. The molecule has 0 fully saturated rings. The number of aromatic nitrogens is 2. The van der Waals surface area contributed by atoms with Crippen LogP contribution in [0.15, 0.2) is 71.5 Å². The SMILES string of the molecule is CCOc1cc(-c2nc3ccccc3c(=O)[nH]2)ccc1OCc1ccccc1C. The van der Waals surface area contributed by atoms with Crippen molar-refractivity contribution in [3.63, 3.8) is 0 Å². The molecular formula is C24H22N2O3. The average molecular weight is 386 g/mol. The summed E-state index contributed by atoms with van der Waals surface area (Å²) in [6.45, 7) is 4.95. The van der Waals surface area contributed by atoms with E-state index in [2.05, 4.69) is 23.0 Å². The van der Waals surface area contributed by atoms with Crippen molar-refractivity contribution < 1.29 is 9.47 Å². The van der Waals surface area contributed by atoms with Crippen LogP contribution in [0.1, 0.15) is 18.1 Å². The molecule has 0 amide bonds. The second-order valence-electron chi connectivity index (χ2n) is 6.74. The standard InChI is InChI=1S/C24H22N2O3/c1-3-28-22-14-17(23-25-20-11-7-6-10-19(20)24(27)26-23)12-13-21(22)29-15-18-9-5-4-8-16(18)2/h4-14H,3,15H2,1-2H3,(H,25,26,27). The number of benzene rings is 3. The number of para-hydroxylation sites is 1. The van der Waals surface area contributed by atoms with Gasteiger partial charge in [-0.15, -0.1) is 0 Å². The lowest BCUT2D eigenvalue weighted by Gasteiger charge is -2.14. The third-order valence-corrected chi connectivity index (χ3v) is 4.77. The Kier molecular flexibility index (Phi) is 5.29. The number of hydrogen-bond donors (Lipinski definition) is 1. The molecule has 0 aliphatic carbocycles. The first-order valence-corrected chi connectivity index (χ1v) is 9.59. The van der Waals surface area contributed by atoms with Crippen molar-refractivity contribution in [3.05, 3.63) is 88.2 Å². The Morgan fingerprint density at radius 3 is 2.55 bits per heavy atom. The maximum Gasteiger partial charge on any atom is 0.259 e. The van der Waals surface area contributed by atoms with Gasteiger partial charge in [0.2, 0.25) is 0 Å². The molecule has 0 unspecified atom stereocenters. The molecule has 5 nitrogen and oxygen atoms in total. The van der Waals surface area contributed by atoms with E-state index >= 15 is 0 Å². The van der Waals surface area contributed by atoms with Crippen LogP contribution in [0, 0.1) is 6.92 Å². The van der Waals surface area contributed by atoms with Gasteiger partial charge in [0.05, 0.1) is 17.5 Å². The topological polar surface area (TPSA) is 64.2 Å². The summed E-state index contributed by atoms with van der Waals surface area (Å²) < 4.78 is 11.8. The van der Waals surface area contributed by atoms with Gasteiger partial charge in [0.15, 0.2) is 11.5 Å². The summed E-state index contributed by atoms with van der Waals surface area (Å²) in [5, 5.41) is 0.569. The first-order valence-electron chi connectivity index (χ1n) is 9.59. The number of hydrogen-bond acceptors (Lipinski definition) is 4. The number of ether oxygens (including phenoxy) is 2. The molecular weight excluding hydrogens is 364 g/mol. The van der Waals surface area contributed by atoms with Gasteiger partial charge in [-0.1, -0.05) is 36.4 Å². The van der Waals surface area contributed by atoms with E-state index in [1.165, 1.54) is 5.56 Å². The van der Waals surface area contributed by atoms with Crippen LogP contribution in [0.5, 0.6) is 11.5 Å². The molecule has 4 aromatic rings. The predicted molar refractivity (Wildman–Crippen MR) is 114 cm³/mol. The highest BCUT2D eigenvalue weighted by atomic mass is 16.5. The molecule has 1 heterocycles. The monoisotopic (exact) mass is 386 g/mol. The maximum absolute atomic E-state index is 12.4. The van der Waals surface area contributed by atoms with Gasteiger partial charge in [-0.3, -0.25) is 4.79 Å². The Labute approximate surface area is 169 Å². The fourth-order valence-corrected chi connectivity index (χ4v) is 3.19. The van der Waals surface area contributed by atoms with E-state index in [1.807, 2.05) is 61.5 Å². The highest BCUT2D eigenvalue weighted by Crippen LogP contribution is 2.32. The van der Waals surface area contributed by atoms with Crippen molar-refractivity contribution >= 4 is 10.9 Å². The number of fused-ring (bicyclic) bond motifs is 1. The van der Waals surface area contributed by atoms with Crippen molar-refractivity contribution in [1.29, 1.82) is 0 Å². The molecule has 0 spiro atoms. The van der Waals surface area contributed by atoms with Gasteiger partial charge in [0, 0.05) is 5.56 Å². The number of rotatable bonds is 6. The number of H-pyrrole nitrogens is 1. The van der Waals surface area contributed by atoms with E-state index in [4.69, 9.17) is 9.47 Å². The normalized spacial score (nSPS) is 10.8. The molecule has 5 heteroatoms. The Morgan fingerprint density at radius 2 is 1.72 bits per heavy atom. The summed E-state index contributed by atoms with van der Waals surface area (Å²) in [7, 11) is 0. The first-order chi connectivity index (χ1) is 14.2. The number of aromatic amines is 1. The number of nitrogens with one attached hydrogen (secondary N) is 1. The molecule has 0 saturated heterocycles. The second-order valence-corrected chi connectivity index (χ2v) is 6.74. The molecule has 0 aliphatic rings. The highest BCUT2D eigenvalue weighted by molar-refractivity contribution is 5.79. The summed E-state index contributed by atoms with van der Waals surface area (Å²) in [5.41, 5.74) is 3.56. The minimum Gasteiger partial charge on any atom is -0.490 e. The van der Waals surface area contributed by atoms with Crippen LogP contribution in [0.25, 0.3) is 22.3 Å². The van der Waals surface area contributed by atoms with Gasteiger partial charge in [-0.2, -0.15) is 0 Å². The maximum atomic E-state index is 12.4. The van der Waals surface area contributed by atoms with E-state index in [9.17, 15) is 4.79 Å². The van der Waals surface area contributed by atoms with E-state index < -0.39 is 0 Å². The molecule has 4 rings (SSSR count). The lowest BCUT2D eigenvalue weighted by molar-refractivity contribution is 0.269. The molecule has 1 N–H and O–H groups in total. The largest absolute Gasteiger partial charge is 0.490 e. The lowest BCUT2D eigenvalue weighted by atomic mass is 10.1. The third-order valence-electron chi connectivity index (χ3n) is 4.77. The van der Waals surface area contributed by atoms with Crippen LogP contribution in [0.3, 0.4) is 0 Å². The summed E-state index contributed by atoms with van der Waals surface area (Å²) >= 11 is 0. The van der Waals surface area contributed by atoms with Gasteiger partial charge in [0.25, 0.3) is 5.56 Å². The van der Waals surface area contributed by atoms with Crippen molar-refractivity contribution in [3.8, 4) is 22.9 Å². The molecule has 0 saturated carbocycles. The fourth-order valence-electron chi connectivity index (χ4n) is 3.19. The molecule has 1 aromatic heterocycles. The second kappa shape index (κ2) is 8.19. The van der Waals surface area contributed by atoms with Crippen LogP contribution in [0.4, 0.5) is 0 Å². The summed E-state index contributed by atoms with van der Waals surface area (Å²) in [6.07, 6.45) is 0. The zero-order valence-electron chi connectivity index (χ0n) is 16.4. The van der Waals surface area contributed by atoms with Crippen LogP contribution in [-0.4, -0.2) is 16.6 Å². The van der Waals surface area contributed by atoms with Crippen LogP contribution >= 0.6 is 0 Å². The Balaban J connectivity index is 1.67. The van der Waals surface area contributed by atoms with Gasteiger partial charge < -0.3 is 14.5 Å². The lowest BCUT2D eigenvalue weighted by Crippen LogP contribution is -2.09. The van der Waals surface area contributed by atoms with Gasteiger partial charge in [-0.05, 0) is 55.3 Å². The predicted octanol–water partition coefficient (Wildman–Crippen LogP) is 4.88. The fraction of sp³-hybridized carbons (Fsp3) is 0.167. The molecule has 29 heavy (non-hydrogen) atoms. The minimum absolute atomic E-state index is 0.163. The smallest absolute Gasteiger partial charge is 0.259 e. The Bertz CT molecular complexity index is 1210. The molecule has 3 aromatic carbocycles. The van der Waals surface area contributed by atoms with Crippen molar-refractivity contribution in [1.82, 2.24) is 9.97 Å². The minimum atomic E-state index is -0.163. The van der Waals surface area contributed by atoms with Crippen LogP contribution < -0.4 is 15.0 Å². The highest BCUT2D eigenvalue weighted by Gasteiger charge is 2.11. The Morgan fingerprint density at radius 1 is 0.931 bits per heavy atom. The van der Waals surface area contributed by atoms with Crippen LogP contribution in [0.2, 0.25) is 0 Å². The number of aryl methyl sites for hydroxylation is 1. The summed E-state index contributed by atoms with van der Waals surface area (Å²) in [5.74, 6) is 1.77. The van der Waals surface area contributed by atoms with Gasteiger partial charge >= 0.3 is 0 Å². The zero-order chi connectivity index (χ0) is 20.2. The van der Waals surface area contributed by atoms with Gasteiger partial charge in [-0.25, -0.2) is 4.98 Å². The number of nitrogens with zero attached hydrogens (tertiary/aromatic N) is 1. The molecule has 0 radical (unpaired) electrons. The zero-order valence-corrected chi connectivity index (χ0v) is 16.4. The summed E-state index contributed by atoms with van der Waals surface area (Å²) in [6, 6.07) is 21.0. The summed E-state index contributed by atoms with van der Waals surface area (Å²) in [4.78, 5) is 19.8. The van der Waals surface area contributed by atoms with E-state index in [-0.39, 0.29) is 5.56 Å². The molecule has 0 aliphatic heterocycles. The van der Waals surface area contributed by atoms with Crippen molar-refractivity contribution in [2.75, 3.05) is 6.61 Å². The molecule has 0 atom stereocenters. The quantitative estimate of drug-likeness (QED) is 0.513. The van der Waals surface area contributed by atoms with E-state index in [0.29, 0.717) is 41.4 Å². The average Bonchev–Trinajstić information content (AvgIpc) is 2.74. The van der Waals surface area contributed by atoms with Crippen molar-refractivity contribution in [2.45, 2.75) is 20.5 Å². The third kappa shape index (κ3) is 3.99. The van der Waals surface area contributed by atoms with Gasteiger partial charge in [0.1, 0.15) is 12.4 Å². The van der Waals surface area contributed by atoms with Crippen LogP contribution in [-0.2, 0) is 6.61 Å². The first kappa shape index (κ1) is 18.7. The Hall–Kier alpha value is -3.60. The van der Waals surface area contributed by atoms with Crippen molar-refractivity contribution in [2.24, 2.45) is 0 Å².